The Morgan fingerprint density at radius 2 is 1.75 bits per heavy atom. The molecule has 0 aliphatic carbocycles. The number of carbonyl (C=O) groups excluding carboxylic acids is 1. The topological polar surface area (TPSA) is 60.2 Å². The summed E-state index contributed by atoms with van der Waals surface area (Å²) >= 11 is 0. The zero-order valence-electron chi connectivity index (χ0n) is 16.1. The van der Waals surface area contributed by atoms with Crippen LogP contribution in [0, 0.1) is 25.2 Å². The van der Waals surface area contributed by atoms with E-state index in [1.54, 1.807) is 0 Å². The molecule has 1 fully saturated rings. The molecule has 0 radical (unpaired) electrons. The van der Waals surface area contributed by atoms with Crippen molar-refractivity contribution in [3.8, 4) is 6.07 Å². The first-order valence-corrected chi connectivity index (χ1v) is 9.48. The summed E-state index contributed by atoms with van der Waals surface area (Å²) in [6.07, 6.45) is 0. The number of piperazine rings is 1. The lowest BCUT2D eigenvalue weighted by atomic mass is 10.0. The number of benzene rings is 2. The van der Waals surface area contributed by atoms with Crippen LogP contribution in [0.3, 0.4) is 0 Å². The lowest BCUT2D eigenvalue weighted by Gasteiger charge is -2.36. The highest BCUT2D eigenvalue weighted by atomic mass is 16.2. The monoisotopic (exact) mass is 370 g/mol. The van der Waals surface area contributed by atoms with E-state index in [1.165, 1.54) is 0 Å². The second-order valence-corrected chi connectivity index (χ2v) is 7.27. The Balaban J connectivity index is 1.58. The molecule has 0 bridgehead atoms. The number of nitrogens with zero attached hydrogens (tertiary/aromatic N) is 4. The number of aromatic nitrogens is 1. The van der Waals surface area contributed by atoms with Gasteiger partial charge >= 0.3 is 0 Å². The molecule has 0 unspecified atom stereocenters. The van der Waals surface area contributed by atoms with Crippen molar-refractivity contribution >= 4 is 22.6 Å². The minimum absolute atomic E-state index is 0.0541. The first kappa shape index (κ1) is 18.0. The Hall–Kier alpha value is -3.39. The summed E-state index contributed by atoms with van der Waals surface area (Å²) in [5, 5.41) is 10.7. The number of fused-ring (bicyclic) bond motifs is 1. The average molecular weight is 370 g/mol. The molecule has 2 aromatic carbocycles. The first-order chi connectivity index (χ1) is 13.6. The van der Waals surface area contributed by atoms with Gasteiger partial charge in [0.15, 0.2) is 0 Å². The van der Waals surface area contributed by atoms with Crippen molar-refractivity contribution in [2.24, 2.45) is 0 Å². The molecule has 28 heavy (non-hydrogen) atoms. The first-order valence-electron chi connectivity index (χ1n) is 9.48. The lowest BCUT2D eigenvalue weighted by Crippen LogP contribution is -2.49. The van der Waals surface area contributed by atoms with Crippen LogP contribution < -0.4 is 4.90 Å². The Morgan fingerprint density at radius 1 is 1.04 bits per heavy atom. The van der Waals surface area contributed by atoms with Gasteiger partial charge in [-0.05, 0) is 49.2 Å². The van der Waals surface area contributed by atoms with Gasteiger partial charge in [-0.2, -0.15) is 5.26 Å². The SMILES string of the molecule is Cc1cc(C)c2cc(C#N)c(N3CCN(C(=O)c4ccccc4)CC3)nc2c1. The maximum atomic E-state index is 12.7. The van der Waals surface area contributed by atoms with Crippen LogP contribution in [-0.2, 0) is 0 Å². The number of carbonyl (C=O) groups is 1. The number of pyridine rings is 1. The molecule has 4 rings (SSSR count). The number of aryl methyl sites for hydroxylation is 2. The van der Waals surface area contributed by atoms with Crippen molar-refractivity contribution in [3.63, 3.8) is 0 Å². The highest BCUT2D eigenvalue weighted by Crippen LogP contribution is 2.27. The van der Waals surface area contributed by atoms with E-state index in [2.05, 4.69) is 30.0 Å². The summed E-state index contributed by atoms with van der Waals surface area (Å²) in [5.41, 5.74) is 4.50. The maximum absolute atomic E-state index is 12.7. The van der Waals surface area contributed by atoms with E-state index >= 15 is 0 Å². The van der Waals surface area contributed by atoms with Gasteiger partial charge in [-0.15, -0.1) is 0 Å². The lowest BCUT2D eigenvalue weighted by molar-refractivity contribution is 0.0746. The summed E-state index contributed by atoms with van der Waals surface area (Å²) < 4.78 is 0. The van der Waals surface area contributed by atoms with Crippen LogP contribution in [0.25, 0.3) is 10.9 Å². The number of hydrogen-bond acceptors (Lipinski definition) is 4. The van der Waals surface area contributed by atoms with Gasteiger partial charge < -0.3 is 9.80 Å². The Labute approximate surface area is 164 Å². The summed E-state index contributed by atoms with van der Waals surface area (Å²) in [4.78, 5) is 21.5. The molecule has 0 spiro atoms. The van der Waals surface area contributed by atoms with Crippen LogP contribution in [0.5, 0.6) is 0 Å². The molecule has 0 saturated carbocycles. The van der Waals surface area contributed by atoms with Gasteiger partial charge in [-0.25, -0.2) is 4.98 Å². The van der Waals surface area contributed by atoms with Crippen molar-refractivity contribution < 1.29 is 4.79 Å². The zero-order valence-corrected chi connectivity index (χ0v) is 16.1. The molecule has 0 N–H and O–H groups in total. The molecule has 1 aromatic heterocycles. The molecule has 140 valence electrons. The summed E-state index contributed by atoms with van der Waals surface area (Å²) in [6, 6.07) is 17.8. The summed E-state index contributed by atoms with van der Waals surface area (Å²) in [5.74, 6) is 0.769. The van der Waals surface area contributed by atoms with Gasteiger partial charge in [0.1, 0.15) is 11.9 Å². The Bertz CT molecular complexity index is 1080. The molecule has 1 amide bonds. The van der Waals surface area contributed by atoms with Crippen LogP contribution in [0.1, 0.15) is 27.0 Å². The number of amides is 1. The standard InChI is InChI=1S/C23H22N4O/c1-16-12-17(2)20-14-19(15-24)22(25-21(20)13-16)26-8-10-27(11-9-26)23(28)18-6-4-3-5-7-18/h3-7,12-14H,8-11H2,1-2H3. The normalized spacial score (nSPS) is 14.2. The third-order valence-electron chi connectivity index (χ3n) is 5.27. The minimum Gasteiger partial charge on any atom is -0.352 e. The zero-order chi connectivity index (χ0) is 19.7. The van der Waals surface area contributed by atoms with E-state index in [4.69, 9.17) is 4.98 Å². The molecule has 5 nitrogen and oxygen atoms in total. The second kappa shape index (κ2) is 7.32. The van der Waals surface area contributed by atoms with Crippen LogP contribution in [0.4, 0.5) is 5.82 Å². The fourth-order valence-electron chi connectivity index (χ4n) is 3.83. The van der Waals surface area contributed by atoms with Crippen molar-refractivity contribution in [2.45, 2.75) is 13.8 Å². The highest BCUT2D eigenvalue weighted by molar-refractivity contribution is 5.94. The van der Waals surface area contributed by atoms with Crippen molar-refractivity contribution in [2.75, 3.05) is 31.1 Å². The minimum atomic E-state index is 0.0541. The predicted molar refractivity (Wildman–Crippen MR) is 110 cm³/mol. The molecule has 0 atom stereocenters. The van der Waals surface area contributed by atoms with E-state index in [0.29, 0.717) is 43.1 Å². The largest absolute Gasteiger partial charge is 0.352 e. The van der Waals surface area contributed by atoms with E-state index in [-0.39, 0.29) is 5.91 Å². The van der Waals surface area contributed by atoms with Crippen LogP contribution >= 0.6 is 0 Å². The van der Waals surface area contributed by atoms with Gasteiger partial charge in [-0.3, -0.25) is 4.79 Å². The molecule has 1 aliphatic heterocycles. The number of hydrogen-bond donors (Lipinski definition) is 0. The summed E-state index contributed by atoms with van der Waals surface area (Å²) in [6.45, 7) is 6.66. The second-order valence-electron chi connectivity index (χ2n) is 7.27. The fourth-order valence-corrected chi connectivity index (χ4v) is 3.83. The van der Waals surface area contributed by atoms with Crippen molar-refractivity contribution in [3.05, 3.63) is 70.8 Å². The number of anilines is 1. The van der Waals surface area contributed by atoms with Gasteiger partial charge in [0.25, 0.3) is 5.91 Å². The van der Waals surface area contributed by atoms with E-state index in [9.17, 15) is 10.1 Å². The fraction of sp³-hybridized carbons (Fsp3) is 0.261. The van der Waals surface area contributed by atoms with Crippen LogP contribution in [0.2, 0.25) is 0 Å². The van der Waals surface area contributed by atoms with Gasteiger partial charge in [0, 0.05) is 37.1 Å². The molecular weight excluding hydrogens is 348 g/mol. The highest BCUT2D eigenvalue weighted by Gasteiger charge is 2.24. The van der Waals surface area contributed by atoms with Gasteiger partial charge in [-0.1, -0.05) is 24.3 Å². The third kappa shape index (κ3) is 3.29. The van der Waals surface area contributed by atoms with Gasteiger partial charge in [0.05, 0.1) is 11.1 Å². The van der Waals surface area contributed by atoms with Crippen molar-refractivity contribution in [1.82, 2.24) is 9.88 Å². The molecule has 3 aromatic rings. The molecule has 2 heterocycles. The van der Waals surface area contributed by atoms with E-state index in [0.717, 1.165) is 22.0 Å². The molecule has 1 aliphatic rings. The molecule has 5 heteroatoms. The molecular formula is C23H22N4O. The van der Waals surface area contributed by atoms with E-state index < -0.39 is 0 Å². The Kier molecular flexibility index (Phi) is 4.70. The maximum Gasteiger partial charge on any atom is 0.253 e. The van der Waals surface area contributed by atoms with Crippen LogP contribution in [0.15, 0.2) is 48.5 Å². The average Bonchev–Trinajstić information content (AvgIpc) is 2.73. The van der Waals surface area contributed by atoms with Crippen LogP contribution in [-0.4, -0.2) is 42.0 Å². The number of nitriles is 1. The van der Waals surface area contributed by atoms with Crippen molar-refractivity contribution in [1.29, 1.82) is 5.26 Å². The summed E-state index contributed by atoms with van der Waals surface area (Å²) in [7, 11) is 0. The molecule has 1 saturated heterocycles. The quantitative estimate of drug-likeness (QED) is 0.690. The smallest absolute Gasteiger partial charge is 0.253 e. The Morgan fingerprint density at radius 3 is 2.43 bits per heavy atom. The van der Waals surface area contributed by atoms with E-state index in [1.807, 2.05) is 48.2 Å². The van der Waals surface area contributed by atoms with Gasteiger partial charge in [0.2, 0.25) is 0 Å². The predicted octanol–water partition coefficient (Wildman–Crippen LogP) is 3.69. The third-order valence-corrected chi connectivity index (χ3v) is 5.27. The number of rotatable bonds is 2.